The van der Waals surface area contributed by atoms with Crippen molar-refractivity contribution in [3.05, 3.63) is 71.8 Å². The molecule has 0 saturated carbocycles. The first-order chi connectivity index (χ1) is 34.5. The third kappa shape index (κ3) is 28.2. The van der Waals surface area contributed by atoms with E-state index in [1.54, 1.807) is 0 Å². The van der Waals surface area contributed by atoms with Crippen molar-refractivity contribution in [1.29, 1.82) is 0 Å². The predicted octanol–water partition coefficient (Wildman–Crippen LogP) is 12.5. The molecule has 2 aromatic carbocycles. The molecule has 404 valence electrons. The van der Waals surface area contributed by atoms with Crippen LogP contribution < -0.4 is 5.32 Å². The van der Waals surface area contributed by atoms with E-state index >= 15 is 0 Å². The molecule has 1 amide bonds. The Balaban J connectivity index is 1.33. The zero-order valence-electron chi connectivity index (χ0n) is 45.0. The molecule has 3 rings (SSSR count). The van der Waals surface area contributed by atoms with Gasteiger partial charge >= 0.3 is 22.3 Å². The minimum absolute atomic E-state index is 0.0195. The first-order valence-electron chi connectivity index (χ1n) is 27.9. The highest BCUT2D eigenvalue weighted by Gasteiger charge is 2.52. The highest BCUT2D eigenvalue weighted by Crippen LogP contribution is 2.37. The van der Waals surface area contributed by atoms with Crippen LogP contribution in [-0.4, -0.2) is 88.1 Å². The van der Waals surface area contributed by atoms with Gasteiger partial charge in [-0.1, -0.05) is 191 Å². The number of carbonyl (C=O) groups is 3. The van der Waals surface area contributed by atoms with E-state index in [0.717, 1.165) is 122 Å². The summed E-state index contributed by atoms with van der Waals surface area (Å²) in [6, 6.07) is 19.5. The number of rotatable bonds is 39. The van der Waals surface area contributed by atoms with E-state index in [-0.39, 0.29) is 32.3 Å². The Morgan fingerprint density at radius 1 is 0.648 bits per heavy atom. The lowest BCUT2D eigenvalue weighted by Crippen LogP contribution is -2.66. The lowest BCUT2D eigenvalue weighted by atomic mass is 9.96. The molecule has 15 heteroatoms. The van der Waals surface area contributed by atoms with Gasteiger partial charge in [0.15, 0.2) is 20.7 Å². The van der Waals surface area contributed by atoms with Crippen molar-refractivity contribution in [2.24, 2.45) is 0 Å². The summed E-state index contributed by atoms with van der Waals surface area (Å²) in [5.41, 5.74) is 2.71. The zero-order valence-corrected chi connectivity index (χ0v) is 45.8. The number of aliphatic hydroxyl groups excluding tert-OH is 1. The third-order valence-electron chi connectivity index (χ3n) is 13.9. The number of ether oxygens (including phenoxy) is 3. The Bertz CT molecular complexity index is 1870. The number of hydrogen-bond donors (Lipinski definition) is 3. The lowest BCUT2D eigenvalue weighted by Gasteiger charge is -2.45. The van der Waals surface area contributed by atoms with Crippen LogP contribution in [0.2, 0.25) is 18.1 Å². The minimum Gasteiger partial charge on any atom is -0.466 e. The molecule has 0 aliphatic carbocycles. The Morgan fingerprint density at radius 3 is 1.56 bits per heavy atom. The van der Waals surface area contributed by atoms with Crippen molar-refractivity contribution in [1.82, 2.24) is 5.32 Å². The summed E-state index contributed by atoms with van der Waals surface area (Å²) in [5.74, 6) is -1.18. The van der Waals surface area contributed by atoms with Crippen molar-refractivity contribution in [3.63, 3.8) is 0 Å². The Morgan fingerprint density at radius 2 is 1.08 bits per heavy atom. The zero-order chi connectivity index (χ0) is 52.5. The lowest BCUT2D eigenvalue weighted by molar-refractivity contribution is -0.253. The van der Waals surface area contributed by atoms with Gasteiger partial charge in [0.05, 0.1) is 13.2 Å². The number of amides is 1. The second-order valence-electron chi connectivity index (χ2n) is 20.9. The van der Waals surface area contributed by atoms with E-state index in [0.29, 0.717) is 25.9 Å². The van der Waals surface area contributed by atoms with Crippen LogP contribution in [0.5, 0.6) is 0 Å². The van der Waals surface area contributed by atoms with Crippen molar-refractivity contribution in [2.75, 3.05) is 13.2 Å². The molecule has 0 aromatic heterocycles. The highest BCUT2D eigenvalue weighted by atomic mass is 32.3. The number of nitrogens with one attached hydrogen (secondary N) is 1. The number of unbranched alkanes of at least 4 members (excludes halogenated alkanes) is 20. The fraction of sp³-hybridized carbons (Fsp3) is 0.732. The van der Waals surface area contributed by atoms with Crippen LogP contribution in [0.4, 0.5) is 0 Å². The van der Waals surface area contributed by atoms with E-state index < -0.39 is 66.3 Å². The van der Waals surface area contributed by atoms with Gasteiger partial charge in [-0.3, -0.25) is 18.9 Å². The van der Waals surface area contributed by atoms with Gasteiger partial charge in [0.1, 0.15) is 18.2 Å². The molecule has 0 spiro atoms. The van der Waals surface area contributed by atoms with E-state index in [9.17, 15) is 32.5 Å². The number of aliphatic hydroxyl groups is 1. The maximum absolute atomic E-state index is 13.4. The molecule has 2 aromatic rings. The molecular weight excluding hydrogens is 939 g/mol. The molecule has 71 heavy (non-hydrogen) atoms. The van der Waals surface area contributed by atoms with E-state index in [4.69, 9.17) is 24.2 Å². The molecule has 1 heterocycles. The van der Waals surface area contributed by atoms with Crippen molar-refractivity contribution in [3.8, 4) is 0 Å². The van der Waals surface area contributed by atoms with Crippen LogP contribution in [0.15, 0.2) is 60.7 Å². The van der Waals surface area contributed by atoms with Gasteiger partial charge in [0, 0.05) is 20.6 Å². The van der Waals surface area contributed by atoms with Gasteiger partial charge in [-0.2, -0.15) is 8.42 Å². The maximum Gasteiger partial charge on any atom is 0.397 e. The van der Waals surface area contributed by atoms with Gasteiger partial charge in [-0.15, -0.1) is 0 Å². The van der Waals surface area contributed by atoms with Crippen molar-refractivity contribution < 1.29 is 56.7 Å². The highest BCUT2D eigenvalue weighted by molar-refractivity contribution is 7.80. The second-order valence-corrected chi connectivity index (χ2v) is 26.6. The van der Waals surface area contributed by atoms with Crippen LogP contribution in [0.25, 0.3) is 0 Å². The molecule has 1 aliphatic rings. The van der Waals surface area contributed by atoms with E-state index in [2.05, 4.69) is 47.8 Å². The second kappa shape index (κ2) is 35.1. The van der Waals surface area contributed by atoms with Gasteiger partial charge in [0.25, 0.3) is 0 Å². The third-order valence-corrected chi connectivity index (χ3v) is 18.5. The molecule has 0 bridgehead atoms. The van der Waals surface area contributed by atoms with Crippen LogP contribution in [-0.2, 0) is 60.4 Å². The smallest absolute Gasteiger partial charge is 0.397 e. The normalized spacial score (nSPS) is 18.7. The van der Waals surface area contributed by atoms with Crippen molar-refractivity contribution in [2.45, 2.75) is 249 Å². The number of hydrogen-bond acceptors (Lipinski definition) is 11. The summed E-state index contributed by atoms with van der Waals surface area (Å²) in [5, 5.41) is 13.5. The molecule has 1 fully saturated rings. The Labute approximate surface area is 431 Å². The summed E-state index contributed by atoms with van der Waals surface area (Å²) in [6.07, 6.45) is 19.8. The Kier molecular flexibility index (Phi) is 29.8. The predicted molar refractivity (Wildman–Crippen MR) is 284 cm³/mol. The van der Waals surface area contributed by atoms with Crippen LogP contribution in [0, 0.1) is 0 Å². The fourth-order valence-corrected chi connectivity index (χ4v) is 10.2. The molecule has 1 unspecified atom stereocenters. The van der Waals surface area contributed by atoms with E-state index in [1.165, 1.54) is 36.8 Å². The first-order valence-corrected chi connectivity index (χ1v) is 31.4. The van der Waals surface area contributed by atoms with Gasteiger partial charge in [-0.25, -0.2) is 4.18 Å². The fourth-order valence-electron chi connectivity index (χ4n) is 8.70. The molecule has 0 radical (unpaired) electrons. The molecule has 1 saturated heterocycles. The Hall–Kier alpha value is -3.18. The molecular formula is C56H93NO12SSi. The van der Waals surface area contributed by atoms with Crippen LogP contribution in [0.3, 0.4) is 0 Å². The summed E-state index contributed by atoms with van der Waals surface area (Å²) in [4.78, 5) is 38.8. The van der Waals surface area contributed by atoms with Gasteiger partial charge < -0.3 is 29.1 Å². The number of esters is 2. The average molecular weight is 1030 g/mol. The van der Waals surface area contributed by atoms with Crippen molar-refractivity contribution >= 4 is 36.6 Å². The van der Waals surface area contributed by atoms with Gasteiger partial charge in [-0.05, 0) is 80.6 Å². The summed E-state index contributed by atoms with van der Waals surface area (Å²) in [6.45, 7) is 7.93. The SMILES string of the molecule is [2H]CC(C)(C)[Si](C)(C)OC[C@H]1OC(O)[C@H](NC(=O)CCCCCCCCCCCCCOC(=O)CCCCCCCCc2ccccc2)[C@@H](OC(=O)CCCCCCCCc2ccccc2)[C@@H]1OS(=O)(=O)O. The molecule has 1 aliphatic heterocycles. The summed E-state index contributed by atoms with van der Waals surface area (Å²) < 4.78 is 71.0. The monoisotopic (exact) mass is 1030 g/mol. The molecule has 13 nitrogen and oxygen atoms in total. The number of aryl methyl sites for hydroxylation is 2. The molecule has 5 atom stereocenters. The standard InChI is InChI=1S/C56H93NO12SSi/c1-56(2,3)71(4,5)66-45-48-53(69-70(62,63)64)54(68-51(60)43-33-21-15-13-18-26-36-47-39-29-24-30-40-47)52(55(61)67-48)57-49(58)41-31-19-11-9-7-6-8-10-16-22-34-44-65-50(59)42-32-20-14-12-17-25-35-46-37-27-23-28-38-46/h23-24,27-30,37-40,48,52-55,61H,6-22,25-26,31-36,41-45H2,1-5H3,(H,57,58)(H,62,63,64)/t48-,52-,53-,54-,55?/m1/s1/i1D. The average Bonchev–Trinajstić information content (AvgIpc) is 3.34. The quantitative estimate of drug-likeness (QED) is 0.0250. The maximum atomic E-state index is 13.4. The van der Waals surface area contributed by atoms with Gasteiger partial charge in [0.2, 0.25) is 5.91 Å². The number of benzene rings is 2. The largest absolute Gasteiger partial charge is 0.466 e. The van der Waals surface area contributed by atoms with E-state index in [1.807, 2.05) is 45.1 Å². The minimum atomic E-state index is -5.14. The summed E-state index contributed by atoms with van der Waals surface area (Å²) >= 11 is 0. The number of carbonyl (C=O) groups excluding carboxylic acids is 3. The first kappa shape index (κ1) is 60.4. The van der Waals surface area contributed by atoms with Crippen LogP contribution >= 0.6 is 0 Å². The molecule has 3 N–H and O–H groups in total. The summed E-state index contributed by atoms with van der Waals surface area (Å²) in [7, 11) is -7.77. The van der Waals surface area contributed by atoms with Crippen LogP contribution in [0.1, 0.15) is 200 Å². The topological polar surface area (TPSA) is 184 Å².